The Balaban J connectivity index is 2.35. The van der Waals surface area contributed by atoms with Crippen LogP contribution in [-0.4, -0.2) is 7.05 Å². The van der Waals surface area contributed by atoms with Gasteiger partial charge in [-0.2, -0.15) is 0 Å². The Morgan fingerprint density at radius 3 is 3.00 bits per heavy atom. The van der Waals surface area contributed by atoms with E-state index in [-0.39, 0.29) is 0 Å². The highest BCUT2D eigenvalue weighted by atomic mass is 32.1. The molecule has 0 aromatic carbocycles. The average Bonchev–Trinajstić information content (AvgIpc) is 2.60. The molecule has 1 aliphatic carbocycles. The molecule has 0 saturated heterocycles. The topological polar surface area (TPSA) is 12.0 Å². The molecule has 0 bridgehead atoms. The number of fused-ring (bicyclic) bond motifs is 1. The van der Waals surface area contributed by atoms with Crippen LogP contribution in [0.4, 0.5) is 0 Å². The number of nitrogens with one attached hydrogen (secondary N) is 1. The van der Waals surface area contributed by atoms with Gasteiger partial charge in [0.1, 0.15) is 0 Å². The monoisotopic (exact) mass is 209 g/mol. The van der Waals surface area contributed by atoms with Crippen LogP contribution in [0, 0.1) is 5.92 Å². The summed E-state index contributed by atoms with van der Waals surface area (Å²) in [4.78, 5) is 3.17. The average molecular weight is 209 g/mol. The van der Waals surface area contributed by atoms with Crippen LogP contribution in [-0.2, 0) is 12.8 Å². The van der Waals surface area contributed by atoms with E-state index < -0.39 is 0 Å². The van der Waals surface area contributed by atoms with E-state index in [0.717, 1.165) is 5.92 Å². The standard InChI is InChI=1S/C12H19NS/c1-4-9-7-10-11(14-9)6-5-8(2)12(10)13-3/h7-8,12-13H,4-6H2,1-3H3. The van der Waals surface area contributed by atoms with Crippen molar-refractivity contribution in [3.8, 4) is 0 Å². The minimum Gasteiger partial charge on any atom is -0.313 e. The molecule has 0 radical (unpaired) electrons. The zero-order chi connectivity index (χ0) is 10.1. The van der Waals surface area contributed by atoms with Gasteiger partial charge in [-0.15, -0.1) is 11.3 Å². The highest BCUT2D eigenvalue weighted by Crippen LogP contribution is 2.38. The summed E-state index contributed by atoms with van der Waals surface area (Å²) in [7, 11) is 2.08. The fourth-order valence-corrected chi connectivity index (χ4v) is 3.58. The van der Waals surface area contributed by atoms with E-state index in [1.54, 1.807) is 15.3 Å². The molecule has 1 aliphatic rings. The van der Waals surface area contributed by atoms with Gasteiger partial charge in [-0.1, -0.05) is 13.8 Å². The molecule has 78 valence electrons. The van der Waals surface area contributed by atoms with Gasteiger partial charge in [0.25, 0.3) is 0 Å². The van der Waals surface area contributed by atoms with Crippen molar-refractivity contribution in [1.82, 2.24) is 5.32 Å². The van der Waals surface area contributed by atoms with Crippen molar-refractivity contribution in [2.24, 2.45) is 5.92 Å². The van der Waals surface area contributed by atoms with Crippen LogP contribution >= 0.6 is 11.3 Å². The second-order valence-electron chi connectivity index (χ2n) is 4.23. The molecule has 2 unspecified atom stereocenters. The first-order valence-corrected chi connectivity index (χ1v) is 6.36. The molecule has 1 N–H and O–H groups in total. The third-order valence-electron chi connectivity index (χ3n) is 3.28. The Bertz CT molecular complexity index is 316. The zero-order valence-electron chi connectivity index (χ0n) is 9.26. The van der Waals surface area contributed by atoms with Crippen LogP contribution in [0.15, 0.2) is 6.07 Å². The lowest BCUT2D eigenvalue weighted by Crippen LogP contribution is -2.27. The number of hydrogen-bond donors (Lipinski definition) is 1. The van der Waals surface area contributed by atoms with Crippen LogP contribution in [0.3, 0.4) is 0 Å². The molecule has 0 fully saturated rings. The molecule has 2 atom stereocenters. The van der Waals surface area contributed by atoms with Crippen molar-refractivity contribution in [3.05, 3.63) is 21.4 Å². The molecule has 2 rings (SSSR count). The van der Waals surface area contributed by atoms with Crippen molar-refractivity contribution in [1.29, 1.82) is 0 Å². The Kier molecular flexibility index (Phi) is 2.93. The van der Waals surface area contributed by atoms with Gasteiger partial charge in [-0.25, -0.2) is 0 Å². The molecule has 1 nitrogen and oxygen atoms in total. The fraction of sp³-hybridized carbons (Fsp3) is 0.667. The first kappa shape index (κ1) is 10.2. The van der Waals surface area contributed by atoms with Gasteiger partial charge in [-0.05, 0) is 43.9 Å². The van der Waals surface area contributed by atoms with Crippen LogP contribution in [0.1, 0.15) is 41.6 Å². The molecule has 1 aromatic rings. The molecule has 0 spiro atoms. The molecular formula is C12H19NS. The van der Waals surface area contributed by atoms with Crippen molar-refractivity contribution < 1.29 is 0 Å². The van der Waals surface area contributed by atoms with Gasteiger partial charge >= 0.3 is 0 Å². The predicted molar refractivity (Wildman–Crippen MR) is 63.0 cm³/mol. The quantitative estimate of drug-likeness (QED) is 0.789. The maximum Gasteiger partial charge on any atom is 0.0354 e. The summed E-state index contributed by atoms with van der Waals surface area (Å²) >= 11 is 2.02. The van der Waals surface area contributed by atoms with Gasteiger partial charge < -0.3 is 5.32 Å². The lowest BCUT2D eigenvalue weighted by molar-refractivity contribution is 0.367. The van der Waals surface area contributed by atoms with Crippen molar-refractivity contribution in [3.63, 3.8) is 0 Å². The summed E-state index contributed by atoms with van der Waals surface area (Å²) in [5, 5.41) is 3.45. The molecule has 0 amide bonds. The Morgan fingerprint density at radius 2 is 2.36 bits per heavy atom. The van der Waals surface area contributed by atoms with E-state index in [9.17, 15) is 0 Å². The fourth-order valence-electron chi connectivity index (χ4n) is 2.41. The number of hydrogen-bond acceptors (Lipinski definition) is 2. The molecule has 14 heavy (non-hydrogen) atoms. The number of rotatable bonds is 2. The summed E-state index contributed by atoms with van der Waals surface area (Å²) in [6, 6.07) is 3.01. The summed E-state index contributed by atoms with van der Waals surface area (Å²) in [6.07, 6.45) is 3.81. The zero-order valence-corrected chi connectivity index (χ0v) is 10.1. The summed E-state index contributed by atoms with van der Waals surface area (Å²) in [6.45, 7) is 4.60. The van der Waals surface area contributed by atoms with Crippen molar-refractivity contribution >= 4 is 11.3 Å². The first-order valence-electron chi connectivity index (χ1n) is 5.55. The minimum absolute atomic E-state index is 0.593. The Morgan fingerprint density at radius 1 is 1.57 bits per heavy atom. The van der Waals surface area contributed by atoms with Gasteiger partial charge in [-0.3, -0.25) is 0 Å². The predicted octanol–water partition coefficient (Wildman–Crippen LogP) is 3.15. The highest BCUT2D eigenvalue weighted by Gasteiger charge is 2.26. The maximum atomic E-state index is 3.45. The van der Waals surface area contributed by atoms with E-state index in [1.165, 1.54) is 19.3 Å². The molecule has 0 aliphatic heterocycles. The largest absolute Gasteiger partial charge is 0.313 e. The lowest BCUT2D eigenvalue weighted by atomic mass is 9.85. The number of thiophene rings is 1. The lowest BCUT2D eigenvalue weighted by Gasteiger charge is -2.28. The molecular weight excluding hydrogens is 190 g/mol. The molecule has 1 aromatic heterocycles. The summed E-state index contributed by atoms with van der Waals surface area (Å²) in [5.41, 5.74) is 1.58. The maximum absolute atomic E-state index is 3.45. The van der Waals surface area contributed by atoms with E-state index >= 15 is 0 Å². The molecule has 0 saturated carbocycles. The SMILES string of the molecule is CCc1cc2c(s1)CCC(C)C2NC. The Hall–Kier alpha value is -0.340. The Labute approximate surface area is 90.5 Å². The van der Waals surface area contributed by atoms with Gasteiger partial charge in [0.05, 0.1) is 0 Å². The second-order valence-corrected chi connectivity index (χ2v) is 5.45. The van der Waals surface area contributed by atoms with Crippen molar-refractivity contribution in [2.45, 2.75) is 39.2 Å². The minimum atomic E-state index is 0.593. The first-order chi connectivity index (χ1) is 6.76. The second kappa shape index (κ2) is 4.03. The summed E-state index contributed by atoms with van der Waals surface area (Å²) in [5.74, 6) is 0.784. The van der Waals surface area contributed by atoms with Gasteiger partial charge in [0.2, 0.25) is 0 Å². The van der Waals surface area contributed by atoms with E-state index in [2.05, 4.69) is 32.3 Å². The third-order valence-corrected chi connectivity index (χ3v) is 4.64. The van der Waals surface area contributed by atoms with Gasteiger partial charge in [0, 0.05) is 15.8 Å². The van der Waals surface area contributed by atoms with E-state index in [4.69, 9.17) is 0 Å². The highest BCUT2D eigenvalue weighted by molar-refractivity contribution is 7.12. The van der Waals surface area contributed by atoms with Gasteiger partial charge in [0.15, 0.2) is 0 Å². The molecule has 1 heterocycles. The summed E-state index contributed by atoms with van der Waals surface area (Å²) < 4.78 is 0. The van der Waals surface area contributed by atoms with Crippen LogP contribution in [0.2, 0.25) is 0 Å². The van der Waals surface area contributed by atoms with Crippen molar-refractivity contribution in [2.75, 3.05) is 7.05 Å². The van der Waals surface area contributed by atoms with Crippen LogP contribution in [0.5, 0.6) is 0 Å². The van der Waals surface area contributed by atoms with Crippen LogP contribution in [0.25, 0.3) is 0 Å². The smallest absolute Gasteiger partial charge is 0.0354 e. The third kappa shape index (κ3) is 1.61. The van der Waals surface area contributed by atoms with Crippen LogP contribution < -0.4 is 5.32 Å². The number of aryl methyl sites for hydroxylation is 2. The molecule has 2 heteroatoms. The normalized spacial score (nSPS) is 26.2. The van der Waals surface area contributed by atoms with E-state index in [0.29, 0.717) is 6.04 Å². The van der Waals surface area contributed by atoms with E-state index in [1.807, 2.05) is 11.3 Å².